The van der Waals surface area contributed by atoms with Crippen molar-refractivity contribution < 1.29 is 13.2 Å². The predicted octanol–water partition coefficient (Wildman–Crippen LogP) is 2.12. The van der Waals surface area contributed by atoms with Crippen LogP contribution >= 0.6 is 0 Å². The molecule has 2 aromatic heterocycles. The van der Waals surface area contributed by atoms with Gasteiger partial charge in [-0.05, 0) is 44.2 Å². The van der Waals surface area contributed by atoms with Crippen molar-refractivity contribution in [1.29, 1.82) is 0 Å². The lowest BCUT2D eigenvalue weighted by Gasteiger charge is -2.10. The number of aryl methyl sites for hydroxylation is 2. The minimum absolute atomic E-state index is 0.0239. The second-order valence-corrected chi connectivity index (χ2v) is 8.01. The third kappa shape index (κ3) is 4.40. The zero-order valence-electron chi connectivity index (χ0n) is 14.6. The Morgan fingerprint density at radius 2 is 1.85 bits per heavy atom. The van der Waals surface area contributed by atoms with E-state index < -0.39 is 10.0 Å². The van der Waals surface area contributed by atoms with Gasteiger partial charge in [0.1, 0.15) is 0 Å². The molecule has 0 aliphatic rings. The summed E-state index contributed by atoms with van der Waals surface area (Å²) in [5.41, 5.74) is 3.74. The van der Waals surface area contributed by atoms with E-state index in [4.69, 9.17) is 0 Å². The zero-order valence-corrected chi connectivity index (χ0v) is 15.4. The maximum atomic E-state index is 12.2. The fraction of sp³-hybridized carbons (Fsp3) is 0.222. The number of rotatable bonds is 6. The summed E-state index contributed by atoms with van der Waals surface area (Å²) in [6, 6.07) is 10.6. The first kappa shape index (κ1) is 17.9. The average molecular weight is 372 g/mol. The van der Waals surface area contributed by atoms with Gasteiger partial charge >= 0.3 is 0 Å². The van der Waals surface area contributed by atoms with Crippen LogP contribution in [0.15, 0.2) is 48.8 Å². The zero-order chi connectivity index (χ0) is 18.7. The highest BCUT2D eigenvalue weighted by Gasteiger charge is 2.13. The highest BCUT2D eigenvalue weighted by molar-refractivity contribution is 7.92. The van der Waals surface area contributed by atoms with Crippen LogP contribution in [-0.4, -0.2) is 36.2 Å². The summed E-state index contributed by atoms with van der Waals surface area (Å²) in [5.74, 6) is -0.499. The first-order valence-electron chi connectivity index (χ1n) is 8.13. The normalized spacial score (nSPS) is 11.5. The van der Waals surface area contributed by atoms with Crippen molar-refractivity contribution in [1.82, 2.24) is 14.9 Å². The van der Waals surface area contributed by atoms with E-state index in [-0.39, 0.29) is 18.2 Å². The highest BCUT2D eigenvalue weighted by Crippen LogP contribution is 2.13. The number of aromatic nitrogens is 2. The lowest BCUT2D eigenvalue weighted by molar-refractivity contribution is 0.0956. The number of amides is 1. The molecule has 0 radical (unpaired) electrons. The molecule has 0 aliphatic carbocycles. The van der Waals surface area contributed by atoms with Crippen molar-refractivity contribution >= 4 is 27.1 Å². The molecule has 26 heavy (non-hydrogen) atoms. The molecular formula is C18H20N4O3S. The molecule has 0 unspecified atom stereocenters. The molecule has 0 saturated carbocycles. The third-order valence-electron chi connectivity index (χ3n) is 3.81. The van der Waals surface area contributed by atoms with Gasteiger partial charge in [0.15, 0.2) is 0 Å². The van der Waals surface area contributed by atoms with E-state index in [1.165, 1.54) is 0 Å². The number of hydrogen-bond acceptors (Lipinski definition) is 4. The number of nitrogens with zero attached hydrogens (tertiary/aromatic N) is 2. The van der Waals surface area contributed by atoms with E-state index >= 15 is 0 Å². The minimum atomic E-state index is -3.57. The topological polar surface area (TPSA) is 92.6 Å². The Bertz CT molecular complexity index is 1040. The molecule has 0 atom stereocenters. The quantitative estimate of drug-likeness (QED) is 0.693. The maximum absolute atomic E-state index is 12.2. The largest absolute Gasteiger partial charge is 0.351 e. The molecule has 0 fully saturated rings. The summed E-state index contributed by atoms with van der Waals surface area (Å²) in [6.45, 7) is 3.85. The van der Waals surface area contributed by atoms with Gasteiger partial charge in [0.05, 0.1) is 17.0 Å². The number of carbonyl (C=O) groups is 1. The molecule has 0 aliphatic heterocycles. The van der Waals surface area contributed by atoms with E-state index in [1.807, 2.05) is 19.9 Å². The Morgan fingerprint density at radius 3 is 2.58 bits per heavy atom. The molecule has 7 nitrogen and oxygen atoms in total. The summed E-state index contributed by atoms with van der Waals surface area (Å²) in [6.07, 6.45) is 3.31. The number of nitrogens with one attached hydrogen (secondary N) is 2. The average Bonchev–Trinajstić information content (AvgIpc) is 3.00. The van der Waals surface area contributed by atoms with Crippen LogP contribution in [0.25, 0.3) is 5.52 Å². The third-order valence-corrected chi connectivity index (χ3v) is 5.10. The molecule has 3 aromatic rings. The summed E-state index contributed by atoms with van der Waals surface area (Å²) in [7, 11) is -3.57. The molecule has 2 heterocycles. The van der Waals surface area contributed by atoms with E-state index in [0.717, 1.165) is 16.6 Å². The molecule has 0 saturated heterocycles. The number of anilines is 1. The Balaban J connectivity index is 1.58. The second kappa shape index (κ2) is 7.17. The van der Waals surface area contributed by atoms with Gasteiger partial charge < -0.3 is 5.32 Å². The molecular weight excluding hydrogens is 352 g/mol. The highest BCUT2D eigenvalue weighted by atomic mass is 32.2. The van der Waals surface area contributed by atoms with Crippen molar-refractivity contribution in [2.24, 2.45) is 0 Å². The summed E-state index contributed by atoms with van der Waals surface area (Å²) in [4.78, 5) is 12.2. The van der Waals surface area contributed by atoms with Crippen LogP contribution in [0, 0.1) is 13.8 Å². The summed E-state index contributed by atoms with van der Waals surface area (Å²) >= 11 is 0. The van der Waals surface area contributed by atoms with Crippen LogP contribution in [-0.2, 0) is 10.0 Å². The summed E-state index contributed by atoms with van der Waals surface area (Å²) < 4.78 is 28.6. The number of carbonyl (C=O) groups excluding carboxylic acids is 1. The molecule has 2 N–H and O–H groups in total. The van der Waals surface area contributed by atoms with E-state index in [2.05, 4.69) is 15.1 Å². The first-order chi connectivity index (χ1) is 12.3. The van der Waals surface area contributed by atoms with Crippen molar-refractivity contribution in [3.63, 3.8) is 0 Å². The Labute approximate surface area is 152 Å². The molecule has 8 heteroatoms. The van der Waals surface area contributed by atoms with E-state index in [0.29, 0.717) is 11.3 Å². The van der Waals surface area contributed by atoms with Crippen molar-refractivity contribution in [2.45, 2.75) is 13.8 Å². The van der Waals surface area contributed by atoms with Crippen molar-refractivity contribution in [3.05, 3.63) is 65.5 Å². The van der Waals surface area contributed by atoms with Crippen molar-refractivity contribution in [2.75, 3.05) is 17.0 Å². The van der Waals surface area contributed by atoms with Crippen molar-refractivity contribution in [3.8, 4) is 0 Å². The fourth-order valence-corrected chi connectivity index (χ4v) is 3.68. The molecule has 136 valence electrons. The molecule has 1 amide bonds. The standard InChI is InChI=1S/C18H20N4O3S/c1-13-9-14(2)11-15(10-13)18(23)19-6-8-26(24,25)21-16-4-7-22-17(12-16)3-5-20-22/h3-5,7,9-12,21H,6,8H2,1-2H3,(H,19,23). The monoisotopic (exact) mass is 372 g/mol. The van der Waals surface area contributed by atoms with Gasteiger partial charge in [-0.15, -0.1) is 0 Å². The van der Waals surface area contributed by atoms with Crippen LogP contribution in [0.2, 0.25) is 0 Å². The van der Waals surface area contributed by atoms with Gasteiger partial charge in [0.2, 0.25) is 10.0 Å². The molecule has 0 bridgehead atoms. The SMILES string of the molecule is Cc1cc(C)cc(C(=O)NCCS(=O)(=O)Nc2ccn3nccc3c2)c1. The Hall–Kier alpha value is -2.87. The predicted molar refractivity (Wildman–Crippen MR) is 101 cm³/mol. The molecule has 1 aromatic carbocycles. The number of fused-ring (bicyclic) bond motifs is 1. The Morgan fingerprint density at radius 1 is 1.12 bits per heavy atom. The van der Waals surface area contributed by atoms with E-state index in [9.17, 15) is 13.2 Å². The van der Waals surface area contributed by atoms with Gasteiger partial charge in [-0.1, -0.05) is 17.2 Å². The van der Waals surface area contributed by atoms with Gasteiger partial charge in [0.25, 0.3) is 5.91 Å². The summed E-state index contributed by atoms with van der Waals surface area (Å²) in [5, 5.41) is 6.71. The maximum Gasteiger partial charge on any atom is 0.251 e. The number of hydrogen-bond donors (Lipinski definition) is 2. The van der Waals surface area contributed by atoms with Gasteiger partial charge in [-0.25, -0.2) is 12.9 Å². The number of sulfonamides is 1. The van der Waals surface area contributed by atoms with Gasteiger partial charge in [-0.3, -0.25) is 9.52 Å². The van der Waals surface area contributed by atoms with Crippen LogP contribution in [0.1, 0.15) is 21.5 Å². The second-order valence-electron chi connectivity index (χ2n) is 6.17. The lowest BCUT2D eigenvalue weighted by atomic mass is 10.1. The first-order valence-corrected chi connectivity index (χ1v) is 9.78. The fourth-order valence-electron chi connectivity index (χ4n) is 2.72. The number of benzene rings is 1. The smallest absolute Gasteiger partial charge is 0.251 e. The number of pyridine rings is 1. The van der Waals surface area contributed by atoms with Crippen LogP contribution < -0.4 is 10.0 Å². The van der Waals surface area contributed by atoms with Crippen LogP contribution in [0.5, 0.6) is 0 Å². The van der Waals surface area contributed by atoms with Crippen LogP contribution in [0.3, 0.4) is 0 Å². The Kier molecular flexibility index (Phi) is 4.94. The lowest BCUT2D eigenvalue weighted by Crippen LogP contribution is -2.31. The molecule has 3 rings (SSSR count). The minimum Gasteiger partial charge on any atom is -0.351 e. The molecule has 0 spiro atoms. The van der Waals surface area contributed by atoms with Gasteiger partial charge in [0, 0.05) is 24.5 Å². The van der Waals surface area contributed by atoms with Gasteiger partial charge in [-0.2, -0.15) is 5.10 Å². The van der Waals surface area contributed by atoms with E-state index in [1.54, 1.807) is 47.2 Å². The van der Waals surface area contributed by atoms with Crippen LogP contribution in [0.4, 0.5) is 5.69 Å².